The molecule has 1 aromatic carbocycles. The van der Waals surface area contributed by atoms with Crippen molar-refractivity contribution in [2.45, 2.75) is 4.90 Å². The summed E-state index contributed by atoms with van der Waals surface area (Å²) in [5.41, 5.74) is 0. The number of imidazole rings is 1. The molecule has 0 spiro atoms. The van der Waals surface area contributed by atoms with E-state index in [0.717, 1.165) is 0 Å². The van der Waals surface area contributed by atoms with Crippen molar-refractivity contribution in [3.8, 4) is 11.5 Å². The SMILES string of the molecule is COc1cc(Br)c(S(=O)(=O)Nc2ncc[nH]2)cc1OC. The Hall–Kier alpha value is -1.74. The lowest BCUT2D eigenvalue weighted by Crippen LogP contribution is -2.14. The first-order chi connectivity index (χ1) is 9.47. The number of rotatable bonds is 5. The van der Waals surface area contributed by atoms with Gasteiger partial charge in [-0.05, 0) is 22.0 Å². The number of benzene rings is 1. The van der Waals surface area contributed by atoms with Crippen molar-refractivity contribution in [1.82, 2.24) is 9.97 Å². The van der Waals surface area contributed by atoms with Crippen LogP contribution in [0.4, 0.5) is 5.95 Å². The summed E-state index contributed by atoms with van der Waals surface area (Å²) in [5, 5.41) is 0. The number of hydrogen-bond donors (Lipinski definition) is 2. The summed E-state index contributed by atoms with van der Waals surface area (Å²) in [6.07, 6.45) is 2.96. The summed E-state index contributed by atoms with van der Waals surface area (Å²) >= 11 is 3.21. The van der Waals surface area contributed by atoms with Crippen molar-refractivity contribution in [2.24, 2.45) is 0 Å². The second-order valence-electron chi connectivity index (χ2n) is 3.68. The Labute approximate surface area is 124 Å². The molecule has 0 saturated carbocycles. The zero-order chi connectivity index (χ0) is 14.8. The third-order valence-electron chi connectivity index (χ3n) is 2.46. The number of H-pyrrole nitrogens is 1. The van der Waals surface area contributed by atoms with Gasteiger partial charge in [0.25, 0.3) is 10.0 Å². The minimum atomic E-state index is -3.80. The molecule has 2 N–H and O–H groups in total. The van der Waals surface area contributed by atoms with Gasteiger partial charge in [0.05, 0.1) is 14.2 Å². The molecule has 0 saturated heterocycles. The Bertz CT molecular complexity index is 701. The third-order valence-corrected chi connectivity index (χ3v) is 4.75. The summed E-state index contributed by atoms with van der Waals surface area (Å²) in [6.45, 7) is 0. The first-order valence-electron chi connectivity index (χ1n) is 5.41. The van der Waals surface area contributed by atoms with Crippen LogP contribution in [0.2, 0.25) is 0 Å². The highest BCUT2D eigenvalue weighted by Gasteiger charge is 2.22. The molecule has 20 heavy (non-hydrogen) atoms. The van der Waals surface area contributed by atoms with E-state index in [4.69, 9.17) is 9.47 Å². The molecular weight excluding hydrogens is 350 g/mol. The van der Waals surface area contributed by atoms with Crippen molar-refractivity contribution in [3.05, 3.63) is 29.0 Å². The summed E-state index contributed by atoms with van der Waals surface area (Å²) in [5.74, 6) is 0.874. The summed E-state index contributed by atoms with van der Waals surface area (Å²) < 4.78 is 37.5. The second kappa shape index (κ2) is 5.71. The average molecular weight is 362 g/mol. The van der Waals surface area contributed by atoms with Crippen molar-refractivity contribution in [1.29, 1.82) is 0 Å². The highest BCUT2D eigenvalue weighted by Crippen LogP contribution is 2.35. The van der Waals surface area contributed by atoms with E-state index < -0.39 is 10.0 Å². The molecule has 2 aromatic rings. The van der Waals surface area contributed by atoms with Gasteiger partial charge in [-0.25, -0.2) is 18.1 Å². The van der Waals surface area contributed by atoms with Gasteiger partial charge in [0.1, 0.15) is 4.90 Å². The normalized spacial score (nSPS) is 11.2. The van der Waals surface area contributed by atoms with E-state index in [0.29, 0.717) is 16.0 Å². The van der Waals surface area contributed by atoms with Gasteiger partial charge >= 0.3 is 0 Å². The number of anilines is 1. The van der Waals surface area contributed by atoms with Crippen LogP contribution in [0.15, 0.2) is 33.9 Å². The lowest BCUT2D eigenvalue weighted by Gasteiger charge is -2.12. The van der Waals surface area contributed by atoms with E-state index in [9.17, 15) is 8.42 Å². The molecule has 9 heteroatoms. The van der Waals surface area contributed by atoms with Crippen LogP contribution in [0.5, 0.6) is 11.5 Å². The second-order valence-corrected chi connectivity index (χ2v) is 6.19. The zero-order valence-corrected chi connectivity index (χ0v) is 13.1. The predicted octanol–water partition coefficient (Wildman–Crippen LogP) is 1.99. The van der Waals surface area contributed by atoms with E-state index in [1.165, 1.54) is 38.7 Å². The van der Waals surface area contributed by atoms with Gasteiger partial charge in [-0.2, -0.15) is 0 Å². The molecule has 1 heterocycles. The minimum Gasteiger partial charge on any atom is -0.493 e. The van der Waals surface area contributed by atoms with Crippen molar-refractivity contribution < 1.29 is 17.9 Å². The lowest BCUT2D eigenvalue weighted by molar-refractivity contribution is 0.353. The molecule has 0 atom stereocenters. The topological polar surface area (TPSA) is 93.3 Å². The standard InChI is InChI=1S/C11H12BrN3O4S/c1-18-8-5-7(12)10(6-9(8)19-2)20(16,17)15-11-13-3-4-14-11/h3-6H,1-2H3,(H2,13,14,15). The zero-order valence-electron chi connectivity index (χ0n) is 10.7. The molecular formula is C11H12BrN3O4S. The maximum absolute atomic E-state index is 12.3. The fourth-order valence-electron chi connectivity index (χ4n) is 1.54. The van der Waals surface area contributed by atoms with Gasteiger partial charge in [0.2, 0.25) is 5.95 Å². The smallest absolute Gasteiger partial charge is 0.265 e. The molecule has 0 aliphatic rings. The van der Waals surface area contributed by atoms with Crippen LogP contribution >= 0.6 is 15.9 Å². The molecule has 0 radical (unpaired) electrons. The Morgan fingerprint density at radius 2 is 1.90 bits per heavy atom. The van der Waals surface area contributed by atoms with E-state index in [1.54, 1.807) is 0 Å². The molecule has 0 fully saturated rings. The average Bonchev–Trinajstić information content (AvgIpc) is 2.90. The number of methoxy groups -OCH3 is 2. The number of nitrogens with one attached hydrogen (secondary N) is 2. The lowest BCUT2D eigenvalue weighted by atomic mass is 10.3. The van der Waals surface area contributed by atoms with Crippen LogP contribution in [-0.2, 0) is 10.0 Å². The summed E-state index contributed by atoms with van der Waals surface area (Å²) in [7, 11) is -0.893. The molecule has 0 amide bonds. The number of aromatic amines is 1. The van der Waals surface area contributed by atoms with Crippen LogP contribution in [0.3, 0.4) is 0 Å². The Balaban J connectivity index is 2.46. The number of nitrogens with zero attached hydrogens (tertiary/aromatic N) is 1. The first-order valence-corrected chi connectivity index (χ1v) is 7.69. The molecule has 0 bridgehead atoms. The molecule has 7 nitrogen and oxygen atoms in total. The van der Waals surface area contributed by atoms with Gasteiger partial charge in [-0.1, -0.05) is 0 Å². The van der Waals surface area contributed by atoms with Crippen LogP contribution in [0.25, 0.3) is 0 Å². The van der Waals surface area contributed by atoms with Crippen molar-refractivity contribution in [3.63, 3.8) is 0 Å². The van der Waals surface area contributed by atoms with Gasteiger partial charge in [0.15, 0.2) is 11.5 Å². The monoisotopic (exact) mass is 361 g/mol. The highest BCUT2D eigenvalue weighted by molar-refractivity contribution is 9.10. The highest BCUT2D eigenvalue weighted by atomic mass is 79.9. The van der Waals surface area contributed by atoms with Gasteiger partial charge in [0, 0.05) is 22.9 Å². The quantitative estimate of drug-likeness (QED) is 0.849. The fraction of sp³-hybridized carbons (Fsp3) is 0.182. The van der Waals surface area contributed by atoms with E-state index in [-0.39, 0.29) is 10.8 Å². The summed E-state index contributed by atoms with van der Waals surface area (Å²) in [4.78, 5) is 6.50. The van der Waals surface area contributed by atoms with E-state index >= 15 is 0 Å². The predicted molar refractivity (Wildman–Crippen MR) is 76.6 cm³/mol. The Morgan fingerprint density at radius 3 is 2.45 bits per heavy atom. The van der Waals surface area contributed by atoms with Gasteiger partial charge in [-0.15, -0.1) is 0 Å². The Morgan fingerprint density at radius 1 is 1.25 bits per heavy atom. The minimum absolute atomic E-state index is 0.0200. The van der Waals surface area contributed by atoms with Crippen LogP contribution < -0.4 is 14.2 Å². The van der Waals surface area contributed by atoms with Crippen molar-refractivity contribution >= 4 is 31.9 Å². The third kappa shape index (κ3) is 2.88. The van der Waals surface area contributed by atoms with Gasteiger partial charge in [-0.3, -0.25) is 0 Å². The number of halogens is 1. The largest absolute Gasteiger partial charge is 0.493 e. The van der Waals surface area contributed by atoms with Crippen LogP contribution in [0.1, 0.15) is 0 Å². The number of aromatic nitrogens is 2. The maximum atomic E-state index is 12.3. The molecule has 0 aliphatic heterocycles. The maximum Gasteiger partial charge on any atom is 0.265 e. The van der Waals surface area contributed by atoms with Gasteiger partial charge < -0.3 is 14.5 Å². The first kappa shape index (κ1) is 14.7. The molecule has 1 aromatic heterocycles. The number of hydrogen-bond acceptors (Lipinski definition) is 5. The molecule has 0 aliphatic carbocycles. The van der Waals surface area contributed by atoms with E-state index in [1.807, 2.05) is 0 Å². The Kier molecular flexibility index (Phi) is 4.19. The van der Waals surface area contributed by atoms with Crippen LogP contribution in [0, 0.1) is 0 Å². The van der Waals surface area contributed by atoms with Crippen LogP contribution in [-0.4, -0.2) is 32.6 Å². The summed E-state index contributed by atoms with van der Waals surface area (Å²) in [6, 6.07) is 2.89. The molecule has 0 unspecified atom stereocenters. The van der Waals surface area contributed by atoms with Crippen molar-refractivity contribution in [2.75, 3.05) is 18.9 Å². The fourth-order valence-corrected chi connectivity index (χ4v) is 3.56. The molecule has 108 valence electrons. The number of sulfonamides is 1. The van der Waals surface area contributed by atoms with E-state index in [2.05, 4.69) is 30.6 Å². The molecule has 2 rings (SSSR count). The number of ether oxygens (including phenoxy) is 2.